The lowest BCUT2D eigenvalue weighted by atomic mass is 9.95. The molecule has 262 valence electrons. The summed E-state index contributed by atoms with van der Waals surface area (Å²) in [6.07, 6.45) is 0.895. The SMILES string of the molecule is c1ccc(-c2ccc(-c3nc(-c4ccc(-c5cccc6c5Cc5c(-c7ccccc7)cccc5-6)cc4)nc(-c4ccc5c(c4)oc4ccccc45)n3)cc2)cc1. The van der Waals surface area contributed by atoms with E-state index in [1.54, 1.807) is 0 Å². The maximum atomic E-state index is 6.26. The van der Waals surface area contributed by atoms with E-state index in [-0.39, 0.29) is 0 Å². The summed E-state index contributed by atoms with van der Waals surface area (Å²) >= 11 is 0. The Labute approximate surface area is 324 Å². The first-order chi connectivity index (χ1) is 27.7. The highest BCUT2D eigenvalue weighted by molar-refractivity contribution is 6.05. The number of hydrogen-bond acceptors (Lipinski definition) is 4. The number of furan rings is 1. The molecule has 0 unspecified atom stereocenters. The first kappa shape index (κ1) is 32.0. The Kier molecular flexibility index (Phi) is 7.52. The van der Waals surface area contributed by atoms with Crippen LogP contribution in [0.15, 0.2) is 192 Å². The second-order valence-corrected chi connectivity index (χ2v) is 14.3. The molecule has 10 aromatic rings. The number of aromatic nitrogens is 3. The van der Waals surface area contributed by atoms with Crippen LogP contribution in [0.2, 0.25) is 0 Å². The summed E-state index contributed by atoms with van der Waals surface area (Å²) in [6.45, 7) is 0. The molecule has 0 saturated heterocycles. The number of fused-ring (bicyclic) bond motifs is 6. The molecule has 11 rings (SSSR count). The predicted octanol–water partition coefficient (Wildman–Crippen LogP) is 13.3. The molecule has 0 amide bonds. The second-order valence-electron chi connectivity index (χ2n) is 14.3. The smallest absolute Gasteiger partial charge is 0.164 e. The van der Waals surface area contributed by atoms with Crippen molar-refractivity contribution in [3.63, 3.8) is 0 Å². The average Bonchev–Trinajstić information content (AvgIpc) is 3.85. The third-order valence-corrected chi connectivity index (χ3v) is 11.1. The van der Waals surface area contributed by atoms with E-state index in [2.05, 4.69) is 158 Å². The second kappa shape index (κ2) is 13.2. The molecule has 0 bridgehead atoms. The highest BCUT2D eigenvalue weighted by atomic mass is 16.3. The normalized spacial score (nSPS) is 11.9. The highest BCUT2D eigenvalue weighted by Crippen LogP contribution is 2.45. The molecule has 0 N–H and O–H groups in total. The van der Waals surface area contributed by atoms with Crippen molar-refractivity contribution in [3.05, 3.63) is 199 Å². The fraction of sp³-hybridized carbons (Fsp3) is 0.0192. The minimum absolute atomic E-state index is 0.594. The van der Waals surface area contributed by atoms with E-state index < -0.39 is 0 Å². The number of rotatable bonds is 6. The zero-order valence-corrected chi connectivity index (χ0v) is 30.4. The number of nitrogens with zero attached hydrogens (tertiary/aromatic N) is 3. The van der Waals surface area contributed by atoms with Gasteiger partial charge in [0.15, 0.2) is 17.5 Å². The molecule has 2 heterocycles. The summed E-state index contributed by atoms with van der Waals surface area (Å²) in [5.74, 6) is 1.83. The molecule has 0 fully saturated rings. The van der Waals surface area contributed by atoms with Gasteiger partial charge in [0.2, 0.25) is 0 Å². The van der Waals surface area contributed by atoms with E-state index in [0.29, 0.717) is 17.5 Å². The Morgan fingerprint density at radius 2 is 0.732 bits per heavy atom. The summed E-state index contributed by atoms with van der Waals surface area (Å²) < 4.78 is 6.26. The standard InChI is InChI=1S/C52H33N3O/c1-3-11-33(12-4-1)34-21-25-37(26-22-34)50-53-51(55-52(54-50)39-29-30-45-44-15-7-8-20-48(44)56-49(45)31-39)38-27-23-36(24-28-38)41-17-10-19-43-42-18-9-16-40(46(42)32-47(41)43)35-13-5-2-6-14-35/h1-31H,32H2. The Hall–Kier alpha value is -7.43. The molecule has 8 aromatic carbocycles. The van der Waals surface area contributed by atoms with Crippen molar-refractivity contribution < 1.29 is 4.42 Å². The zero-order valence-electron chi connectivity index (χ0n) is 30.4. The molecule has 1 aliphatic carbocycles. The van der Waals surface area contributed by atoms with Crippen LogP contribution in [-0.4, -0.2) is 15.0 Å². The summed E-state index contributed by atoms with van der Waals surface area (Å²) in [7, 11) is 0. The van der Waals surface area contributed by atoms with E-state index in [1.807, 2.05) is 30.3 Å². The van der Waals surface area contributed by atoms with Gasteiger partial charge in [0, 0.05) is 27.5 Å². The fourth-order valence-electron chi connectivity index (χ4n) is 8.26. The lowest BCUT2D eigenvalue weighted by Gasteiger charge is -2.11. The molecule has 0 spiro atoms. The van der Waals surface area contributed by atoms with E-state index >= 15 is 0 Å². The maximum absolute atomic E-state index is 6.26. The quantitative estimate of drug-likeness (QED) is 0.172. The molecule has 0 aliphatic heterocycles. The third kappa shape index (κ3) is 5.50. The topological polar surface area (TPSA) is 51.8 Å². The number of para-hydroxylation sites is 1. The van der Waals surface area contributed by atoms with Crippen LogP contribution in [-0.2, 0) is 6.42 Å². The van der Waals surface area contributed by atoms with Gasteiger partial charge in [-0.05, 0) is 80.3 Å². The van der Waals surface area contributed by atoms with Crippen LogP contribution in [0, 0.1) is 0 Å². The third-order valence-electron chi connectivity index (χ3n) is 11.1. The Bertz CT molecular complexity index is 3080. The maximum Gasteiger partial charge on any atom is 0.164 e. The van der Waals surface area contributed by atoms with Crippen LogP contribution < -0.4 is 0 Å². The lowest BCUT2D eigenvalue weighted by molar-refractivity contribution is 0.669. The van der Waals surface area contributed by atoms with Crippen molar-refractivity contribution in [2.75, 3.05) is 0 Å². The van der Waals surface area contributed by atoms with E-state index in [0.717, 1.165) is 50.6 Å². The van der Waals surface area contributed by atoms with Crippen molar-refractivity contribution in [2.24, 2.45) is 0 Å². The van der Waals surface area contributed by atoms with Crippen LogP contribution in [0.5, 0.6) is 0 Å². The molecule has 4 heteroatoms. The van der Waals surface area contributed by atoms with Gasteiger partial charge in [0.05, 0.1) is 0 Å². The van der Waals surface area contributed by atoms with Crippen LogP contribution in [0.3, 0.4) is 0 Å². The van der Waals surface area contributed by atoms with Crippen LogP contribution >= 0.6 is 0 Å². The minimum atomic E-state index is 0.594. The van der Waals surface area contributed by atoms with Crippen molar-refractivity contribution >= 4 is 21.9 Å². The van der Waals surface area contributed by atoms with E-state index in [1.165, 1.54) is 50.1 Å². The summed E-state index contributed by atoms with van der Waals surface area (Å²) in [5.41, 5.74) is 17.0. The van der Waals surface area contributed by atoms with Crippen molar-refractivity contribution in [2.45, 2.75) is 6.42 Å². The van der Waals surface area contributed by atoms with E-state index in [9.17, 15) is 0 Å². The Morgan fingerprint density at radius 3 is 1.36 bits per heavy atom. The average molecular weight is 716 g/mol. The van der Waals surface area contributed by atoms with Crippen molar-refractivity contribution in [1.29, 1.82) is 0 Å². The van der Waals surface area contributed by atoms with Crippen LogP contribution in [0.1, 0.15) is 11.1 Å². The zero-order chi connectivity index (χ0) is 37.0. The molecular formula is C52H33N3O. The number of hydrogen-bond donors (Lipinski definition) is 0. The molecule has 2 aromatic heterocycles. The molecule has 1 aliphatic rings. The van der Waals surface area contributed by atoms with Gasteiger partial charge in [-0.1, -0.05) is 170 Å². The van der Waals surface area contributed by atoms with Gasteiger partial charge < -0.3 is 4.42 Å². The van der Waals surface area contributed by atoms with Gasteiger partial charge in [0.25, 0.3) is 0 Å². The van der Waals surface area contributed by atoms with Gasteiger partial charge in [0.1, 0.15) is 11.2 Å². The first-order valence-electron chi connectivity index (χ1n) is 19.0. The first-order valence-corrected chi connectivity index (χ1v) is 19.0. The predicted molar refractivity (Wildman–Crippen MR) is 228 cm³/mol. The van der Waals surface area contributed by atoms with Crippen LogP contribution in [0.25, 0.3) is 101 Å². The highest BCUT2D eigenvalue weighted by Gasteiger charge is 2.24. The molecule has 0 saturated carbocycles. The molecule has 0 radical (unpaired) electrons. The van der Waals surface area contributed by atoms with Crippen LogP contribution in [0.4, 0.5) is 0 Å². The van der Waals surface area contributed by atoms with Gasteiger partial charge >= 0.3 is 0 Å². The van der Waals surface area contributed by atoms with Gasteiger partial charge in [-0.25, -0.2) is 15.0 Å². The summed E-state index contributed by atoms with van der Waals surface area (Å²) in [6, 6.07) is 65.9. The fourth-order valence-corrected chi connectivity index (χ4v) is 8.26. The summed E-state index contributed by atoms with van der Waals surface area (Å²) in [4.78, 5) is 15.2. The molecule has 56 heavy (non-hydrogen) atoms. The van der Waals surface area contributed by atoms with Gasteiger partial charge in [-0.3, -0.25) is 0 Å². The summed E-state index contributed by atoms with van der Waals surface area (Å²) in [5, 5.41) is 2.16. The monoisotopic (exact) mass is 715 g/mol. The van der Waals surface area contributed by atoms with E-state index in [4.69, 9.17) is 19.4 Å². The Balaban J connectivity index is 0.983. The molecule has 0 atom stereocenters. The largest absolute Gasteiger partial charge is 0.456 e. The number of benzene rings is 8. The lowest BCUT2D eigenvalue weighted by Crippen LogP contribution is -2.00. The van der Waals surface area contributed by atoms with Gasteiger partial charge in [-0.2, -0.15) is 0 Å². The minimum Gasteiger partial charge on any atom is -0.456 e. The van der Waals surface area contributed by atoms with Crippen molar-refractivity contribution in [3.8, 4) is 78.7 Å². The van der Waals surface area contributed by atoms with Gasteiger partial charge in [-0.15, -0.1) is 0 Å². The molecular weight excluding hydrogens is 683 g/mol. The van der Waals surface area contributed by atoms with Crippen molar-refractivity contribution in [1.82, 2.24) is 15.0 Å². The molecule has 4 nitrogen and oxygen atoms in total. The Morgan fingerprint density at radius 1 is 0.304 bits per heavy atom.